The van der Waals surface area contributed by atoms with E-state index in [0.29, 0.717) is 30.5 Å². The molecule has 2 aromatic rings. The average molecular weight is 418 g/mol. The van der Waals surface area contributed by atoms with Gasteiger partial charge >= 0.3 is 12.2 Å². The molecule has 10 heteroatoms. The highest BCUT2D eigenvalue weighted by atomic mass is 19.4. The highest BCUT2D eigenvalue weighted by Crippen LogP contribution is 2.41. The van der Waals surface area contributed by atoms with Gasteiger partial charge in [0, 0.05) is 32.4 Å². The predicted octanol–water partition coefficient (Wildman–Crippen LogP) is 3.50. The minimum absolute atomic E-state index is 0.0366. The van der Waals surface area contributed by atoms with Crippen LogP contribution in [0.15, 0.2) is 36.5 Å². The molecule has 0 spiro atoms. The highest BCUT2D eigenvalue weighted by molar-refractivity contribution is 6.04. The Labute approximate surface area is 171 Å². The normalized spacial score (nSPS) is 23.0. The van der Waals surface area contributed by atoms with Crippen molar-refractivity contribution in [2.45, 2.75) is 25.1 Å². The molecule has 2 unspecified atom stereocenters. The van der Waals surface area contributed by atoms with Gasteiger partial charge in [-0.1, -0.05) is 6.07 Å². The Morgan fingerprint density at radius 1 is 1.07 bits per heavy atom. The van der Waals surface area contributed by atoms with Gasteiger partial charge in [-0.05, 0) is 37.1 Å². The Morgan fingerprint density at radius 2 is 1.90 bits per heavy atom. The first-order valence-corrected chi connectivity index (χ1v) is 9.99. The third-order valence-electron chi connectivity index (χ3n) is 6.03. The van der Waals surface area contributed by atoms with Crippen molar-refractivity contribution in [3.63, 3.8) is 0 Å². The highest BCUT2D eigenvalue weighted by Gasteiger charge is 2.45. The van der Waals surface area contributed by atoms with Crippen LogP contribution in [0.4, 0.5) is 41.1 Å². The second-order valence-corrected chi connectivity index (χ2v) is 7.89. The molecule has 30 heavy (non-hydrogen) atoms. The van der Waals surface area contributed by atoms with E-state index in [1.807, 2.05) is 6.07 Å². The number of fused-ring (bicyclic) bond motifs is 4. The monoisotopic (exact) mass is 418 g/mol. The zero-order valence-electron chi connectivity index (χ0n) is 16.1. The molecule has 2 aromatic heterocycles. The summed E-state index contributed by atoms with van der Waals surface area (Å²) in [5, 5.41) is 2.81. The van der Waals surface area contributed by atoms with Crippen LogP contribution in [0.2, 0.25) is 0 Å². The molecule has 2 amide bonds. The third kappa shape index (κ3) is 3.29. The van der Waals surface area contributed by atoms with Crippen LogP contribution in [-0.2, 0) is 0 Å². The summed E-state index contributed by atoms with van der Waals surface area (Å²) in [7, 11) is 0. The fourth-order valence-corrected chi connectivity index (χ4v) is 4.48. The van der Waals surface area contributed by atoms with Crippen LogP contribution in [-0.4, -0.2) is 54.4 Å². The molecule has 1 N–H and O–H groups in total. The minimum Gasteiger partial charge on any atom is -0.366 e. The van der Waals surface area contributed by atoms with Crippen LogP contribution in [0.1, 0.15) is 12.8 Å². The van der Waals surface area contributed by atoms with Crippen LogP contribution in [0.5, 0.6) is 0 Å². The number of aromatic nitrogens is 2. The number of pyridine rings is 2. The standard InChI is InChI=1S/C20H21F3N6O/c21-20(22,23)13-6-9-28(11-13)17-5-4-15-18(26-17)29(14-7-10-27(15)12-14)19(30)25-16-3-1-2-8-24-16/h1-5,8,13-14H,6-7,9-12H2,(H,24,25,30). The maximum atomic E-state index is 13.1. The summed E-state index contributed by atoms with van der Waals surface area (Å²) >= 11 is 0. The molecule has 2 saturated heterocycles. The summed E-state index contributed by atoms with van der Waals surface area (Å²) in [6.45, 7) is 1.71. The van der Waals surface area contributed by atoms with Crippen molar-refractivity contribution in [1.82, 2.24) is 9.97 Å². The molecule has 7 nitrogen and oxygen atoms in total. The number of anilines is 4. The maximum Gasteiger partial charge on any atom is 0.393 e. The third-order valence-corrected chi connectivity index (χ3v) is 6.03. The summed E-state index contributed by atoms with van der Waals surface area (Å²) < 4.78 is 39.3. The van der Waals surface area contributed by atoms with Crippen molar-refractivity contribution < 1.29 is 18.0 Å². The Balaban J connectivity index is 1.44. The Morgan fingerprint density at radius 3 is 2.63 bits per heavy atom. The Bertz CT molecular complexity index is 953. The summed E-state index contributed by atoms with van der Waals surface area (Å²) in [4.78, 5) is 27.3. The lowest BCUT2D eigenvalue weighted by molar-refractivity contribution is -0.168. The fraction of sp³-hybridized carbons (Fsp3) is 0.450. The molecule has 0 aromatic carbocycles. The van der Waals surface area contributed by atoms with Crippen LogP contribution in [0.3, 0.4) is 0 Å². The van der Waals surface area contributed by atoms with E-state index >= 15 is 0 Å². The van der Waals surface area contributed by atoms with Crippen LogP contribution >= 0.6 is 0 Å². The second kappa shape index (κ2) is 7.03. The number of carbonyl (C=O) groups is 1. The molecule has 0 radical (unpaired) electrons. The molecule has 2 bridgehead atoms. The van der Waals surface area contributed by atoms with Gasteiger partial charge in [-0.3, -0.25) is 10.2 Å². The largest absolute Gasteiger partial charge is 0.393 e. The zero-order chi connectivity index (χ0) is 20.9. The molecular formula is C20H21F3N6O. The SMILES string of the molecule is O=C(Nc1ccccn1)N1c2nc(N3CCC(C(F)(F)F)C3)ccc2N2CCC1C2. The molecule has 158 valence electrons. The average Bonchev–Trinajstić information content (AvgIpc) is 3.37. The summed E-state index contributed by atoms with van der Waals surface area (Å²) in [6, 6.07) is 8.50. The number of hydrogen-bond acceptors (Lipinski definition) is 5. The zero-order valence-corrected chi connectivity index (χ0v) is 16.1. The first-order valence-electron chi connectivity index (χ1n) is 9.99. The van der Waals surface area contributed by atoms with E-state index in [2.05, 4.69) is 20.2 Å². The molecule has 3 aliphatic heterocycles. The van der Waals surface area contributed by atoms with Gasteiger partial charge in [0.1, 0.15) is 11.6 Å². The topological polar surface area (TPSA) is 64.6 Å². The van der Waals surface area contributed by atoms with Gasteiger partial charge in [-0.2, -0.15) is 13.2 Å². The number of hydrogen-bond donors (Lipinski definition) is 1. The number of alkyl halides is 3. The molecule has 3 aliphatic rings. The number of carbonyl (C=O) groups excluding carboxylic acids is 1. The van der Waals surface area contributed by atoms with Gasteiger partial charge in [0.15, 0.2) is 5.82 Å². The molecule has 0 saturated carbocycles. The molecular weight excluding hydrogens is 397 g/mol. The van der Waals surface area contributed by atoms with E-state index in [4.69, 9.17) is 0 Å². The van der Waals surface area contributed by atoms with Gasteiger partial charge in [-0.25, -0.2) is 14.8 Å². The van der Waals surface area contributed by atoms with E-state index in [9.17, 15) is 18.0 Å². The van der Waals surface area contributed by atoms with Crippen LogP contribution in [0, 0.1) is 5.92 Å². The molecule has 5 heterocycles. The van der Waals surface area contributed by atoms with Gasteiger partial charge in [0.2, 0.25) is 0 Å². The van der Waals surface area contributed by atoms with E-state index in [0.717, 1.165) is 18.7 Å². The Kier molecular flexibility index (Phi) is 4.44. The lowest BCUT2D eigenvalue weighted by Gasteiger charge is -2.36. The smallest absolute Gasteiger partial charge is 0.366 e. The first-order chi connectivity index (χ1) is 14.4. The summed E-state index contributed by atoms with van der Waals surface area (Å²) in [5.74, 6) is 0.0517. The number of nitrogens with zero attached hydrogens (tertiary/aromatic N) is 5. The number of nitrogens with one attached hydrogen (secondary N) is 1. The van der Waals surface area contributed by atoms with Crippen molar-refractivity contribution in [2.24, 2.45) is 5.92 Å². The number of rotatable bonds is 2. The van der Waals surface area contributed by atoms with Crippen LogP contribution < -0.4 is 20.0 Å². The van der Waals surface area contributed by atoms with E-state index in [-0.39, 0.29) is 25.0 Å². The Hall–Kier alpha value is -3.04. The second-order valence-electron chi connectivity index (χ2n) is 7.89. The van der Waals surface area contributed by atoms with Crippen molar-refractivity contribution >= 4 is 29.2 Å². The number of amides is 2. The lowest BCUT2D eigenvalue weighted by Crippen LogP contribution is -2.48. The number of urea groups is 1. The van der Waals surface area contributed by atoms with Crippen molar-refractivity contribution in [2.75, 3.05) is 46.2 Å². The van der Waals surface area contributed by atoms with Gasteiger partial charge in [0.05, 0.1) is 17.6 Å². The molecule has 0 aliphatic carbocycles. The first kappa shape index (κ1) is 19.0. The van der Waals surface area contributed by atoms with Gasteiger partial charge in [0.25, 0.3) is 0 Å². The van der Waals surface area contributed by atoms with Crippen molar-refractivity contribution in [3.05, 3.63) is 36.5 Å². The van der Waals surface area contributed by atoms with Gasteiger partial charge in [-0.15, -0.1) is 0 Å². The lowest BCUT2D eigenvalue weighted by atomic mass is 10.1. The number of halogens is 3. The van der Waals surface area contributed by atoms with Crippen molar-refractivity contribution in [1.29, 1.82) is 0 Å². The maximum absolute atomic E-state index is 13.1. The van der Waals surface area contributed by atoms with E-state index < -0.39 is 12.1 Å². The summed E-state index contributed by atoms with van der Waals surface area (Å²) in [6.07, 6.45) is -1.75. The predicted molar refractivity (Wildman–Crippen MR) is 107 cm³/mol. The van der Waals surface area contributed by atoms with E-state index in [1.54, 1.807) is 40.3 Å². The quantitative estimate of drug-likeness (QED) is 0.809. The molecule has 2 fully saturated rings. The fourth-order valence-electron chi connectivity index (χ4n) is 4.48. The van der Waals surface area contributed by atoms with Crippen molar-refractivity contribution in [3.8, 4) is 0 Å². The van der Waals surface area contributed by atoms with E-state index in [1.165, 1.54) is 0 Å². The molecule has 5 rings (SSSR count). The minimum atomic E-state index is -4.21. The summed E-state index contributed by atoms with van der Waals surface area (Å²) in [5.41, 5.74) is 0.829. The van der Waals surface area contributed by atoms with Crippen LogP contribution in [0.25, 0.3) is 0 Å². The molecule has 2 atom stereocenters. The van der Waals surface area contributed by atoms with Gasteiger partial charge < -0.3 is 9.80 Å².